The lowest BCUT2D eigenvalue weighted by Gasteiger charge is -2.30. The smallest absolute Gasteiger partial charge is 0.191 e. The van der Waals surface area contributed by atoms with Crippen LogP contribution in [0.2, 0.25) is 0 Å². The van der Waals surface area contributed by atoms with Crippen molar-refractivity contribution < 1.29 is 4.74 Å². The van der Waals surface area contributed by atoms with Crippen molar-refractivity contribution in [2.24, 2.45) is 10.9 Å². The van der Waals surface area contributed by atoms with Crippen molar-refractivity contribution in [3.05, 3.63) is 0 Å². The Hall–Kier alpha value is -0.810. The van der Waals surface area contributed by atoms with E-state index >= 15 is 0 Å². The van der Waals surface area contributed by atoms with Gasteiger partial charge in [-0.15, -0.1) is 0 Å². The summed E-state index contributed by atoms with van der Waals surface area (Å²) in [4.78, 5) is 6.53. The third-order valence-electron chi connectivity index (χ3n) is 3.49. The van der Waals surface area contributed by atoms with Crippen LogP contribution in [0, 0.1) is 5.92 Å². The van der Waals surface area contributed by atoms with Crippen LogP contribution in [0.25, 0.3) is 0 Å². The first-order valence-electron chi connectivity index (χ1n) is 6.46. The summed E-state index contributed by atoms with van der Waals surface area (Å²) in [6.07, 6.45) is 1.52. The summed E-state index contributed by atoms with van der Waals surface area (Å²) >= 11 is 0. The number of nitrogens with zero attached hydrogens (tertiary/aromatic N) is 2. The van der Waals surface area contributed by atoms with E-state index in [4.69, 9.17) is 4.74 Å². The van der Waals surface area contributed by atoms with Crippen molar-refractivity contribution in [1.82, 2.24) is 15.5 Å². The molecule has 17 heavy (non-hydrogen) atoms. The van der Waals surface area contributed by atoms with Gasteiger partial charge in [0, 0.05) is 32.7 Å². The highest BCUT2D eigenvalue weighted by molar-refractivity contribution is 5.80. The Morgan fingerprint density at radius 1 is 1.53 bits per heavy atom. The minimum atomic E-state index is 0.268. The van der Waals surface area contributed by atoms with E-state index in [1.165, 1.54) is 6.42 Å². The summed E-state index contributed by atoms with van der Waals surface area (Å²) in [7, 11) is 3.95. The van der Waals surface area contributed by atoms with E-state index in [1.54, 1.807) is 0 Å². The fourth-order valence-electron chi connectivity index (χ4n) is 2.09. The molecule has 0 aromatic rings. The molecule has 0 spiro atoms. The van der Waals surface area contributed by atoms with Crippen LogP contribution >= 0.6 is 0 Å². The van der Waals surface area contributed by atoms with E-state index in [-0.39, 0.29) is 6.10 Å². The number of guanidine groups is 1. The second-order valence-electron chi connectivity index (χ2n) is 5.17. The number of likely N-dealkylation sites (N-methyl/N-ethyl adjacent to an activating group) is 1. The maximum atomic E-state index is 5.70. The highest BCUT2D eigenvalue weighted by Gasteiger charge is 2.33. The average Bonchev–Trinajstić information content (AvgIpc) is 3.00. The third kappa shape index (κ3) is 3.85. The summed E-state index contributed by atoms with van der Waals surface area (Å²) in [6.45, 7) is 5.93. The van der Waals surface area contributed by atoms with Crippen molar-refractivity contribution in [3.63, 3.8) is 0 Å². The molecule has 5 heteroatoms. The first-order valence-corrected chi connectivity index (χ1v) is 6.46. The minimum absolute atomic E-state index is 0.268. The number of aliphatic imine (C=N–C) groups is 1. The Bertz CT molecular complexity index is 282. The fourth-order valence-corrected chi connectivity index (χ4v) is 2.09. The van der Waals surface area contributed by atoms with Crippen LogP contribution in [0.15, 0.2) is 4.99 Å². The number of nitrogens with one attached hydrogen (secondary N) is 2. The lowest BCUT2D eigenvalue weighted by atomic mass is 10.3. The zero-order valence-corrected chi connectivity index (χ0v) is 11.1. The van der Waals surface area contributed by atoms with Gasteiger partial charge in [0.25, 0.3) is 0 Å². The molecular formula is C12H24N4O. The molecule has 2 rings (SSSR count). The summed E-state index contributed by atoms with van der Waals surface area (Å²) < 4.78 is 5.70. The highest BCUT2D eigenvalue weighted by Crippen LogP contribution is 2.28. The molecule has 98 valence electrons. The molecule has 0 aromatic carbocycles. The zero-order chi connectivity index (χ0) is 12.3. The molecule has 1 saturated carbocycles. The number of ether oxygens (including phenoxy) is 1. The molecule has 0 aromatic heterocycles. The van der Waals surface area contributed by atoms with Gasteiger partial charge in [-0.2, -0.15) is 0 Å². The van der Waals surface area contributed by atoms with Crippen LogP contribution in [-0.2, 0) is 4.74 Å². The highest BCUT2D eigenvalue weighted by atomic mass is 16.5. The van der Waals surface area contributed by atoms with E-state index in [1.807, 2.05) is 7.05 Å². The normalized spacial score (nSPS) is 34.5. The predicted molar refractivity (Wildman–Crippen MR) is 69.3 cm³/mol. The summed E-state index contributed by atoms with van der Waals surface area (Å²) in [5.74, 6) is 1.68. The van der Waals surface area contributed by atoms with Gasteiger partial charge in [-0.25, -0.2) is 0 Å². The standard InChI is InChI=1S/C12H24N4O/c1-9-6-11(9)15-12(13-2)14-7-10-8-16(3)4-5-17-10/h9-11H,4-8H2,1-3H3,(H2,13,14,15). The number of rotatable bonds is 3. The lowest BCUT2D eigenvalue weighted by molar-refractivity contribution is -0.0161. The van der Waals surface area contributed by atoms with Crippen molar-refractivity contribution >= 4 is 5.96 Å². The number of morpholine rings is 1. The molecule has 1 aliphatic heterocycles. The maximum Gasteiger partial charge on any atom is 0.191 e. The second-order valence-corrected chi connectivity index (χ2v) is 5.17. The molecular weight excluding hydrogens is 216 g/mol. The van der Waals surface area contributed by atoms with Crippen molar-refractivity contribution in [2.45, 2.75) is 25.5 Å². The molecule has 1 aliphatic carbocycles. The average molecular weight is 240 g/mol. The molecule has 0 bridgehead atoms. The molecule has 2 N–H and O–H groups in total. The quantitative estimate of drug-likeness (QED) is 0.534. The SMILES string of the molecule is CN=C(NCC1CN(C)CCO1)NC1CC1C. The van der Waals surface area contributed by atoms with E-state index in [0.717, 1.165) is 38.1 Å². The molecule has 2 fully saturated rings. The van der Waals surface area contributed by atoms with Crippen LogP contribution in [0.1, 0.15) is 13.3 Å². The Kier molecular flexibility index (Phi) is 4.23. The summed E-state index contributed by atoms with van der Waals surface area (Å²) in [5.41, 5.74) is 0. The van der Waals surface area contributed by atoms with Gasteiger partial charge < -0.3 is 20.3 Å². The van der Waals surface area contributed by atoms with Gasteiger partial charge in [-0.1, -0.05) is 6.92 Å². The molecule has 1 saturated heterocycles. The second kappa shape index (κ2) is 5.69. The van der Waals surface area contributed by atoms with Gasteiger partial charge in [0.2, 0.25) is 0 Å². The monoisotopic (exact) mass is 240 g/mol. The van der Waals surface area contributed by atoms with E-state index < -0.39 is 0 Å². The molecule has 3 atom stereocenters. The molecule has 3 unspecified atom stereocenters. The first kappa shape index (κ1) is 12.6. The number of hydrogen-bond donors (Lipinski definition) is 2. The zero-order valence-electron chi connectivity index (χ0n) is 11.1. The van der Waals surface area contributed by atoms with Crippen LogP contribution in [0.3, 0.4) is 0 Å². The van der Waals surface area contributed by atoms with Gasteiger partial charge in [-0.3, -0.25) is 4.99 Å². The topological polar surface area (TPSA) is 48.9 Å². The van der Waals surface area contributed by atoms with Gasteiger partial charge >= 0.3 is 0 Å². The van der Waals surface area contributed by atoms with Crippen molar-refractivity contribution in [1.29, 1.82) is 0 Å². The van der Waals surface area contributed by atoms with Gasteiger partial charge in [-0.05, 0) is 19.4 Å². The van der Waals surface area contributed by atoms with Crippen LogP contribution in [0.5, 0.6) is 0 Å². The van der Waals surface area contributed by atoms with Crippen LogP contribution < -0.4 is 10.6 Å². The van der Waals surface area contributed by atoms with Gasteiger partial charge in [0.15, 0.2) is 5.96 Å². The Balaban J connectivity index is 1.68. The van der Waals surface area contributed by atoms with Crippen molar-refractivity contribution in [2.75, 3.05) is 40.3 Å². The van der Waals surface area contributed by atoms with Gasteiger partial charge in [0.1, 0.15) is 0 Å². The Morgan fingerprint density at radius 2 is 2.29 bits per heavy atom. The lowest BCUT2D eigenvalue weighted by Crippen LogP contribution is -2.48. The Morgan fingerprint density at radius 3 is 2.88 bits per heavy atom. The maximum absolute atomic E-state index is 5.70. The van der Waals surface area contributed by atoms with Gasteiger partial charge in [0.05, 0.1) is 12.7 Å². The molecule has 2 aliphatic rings. The molecule has 5 nitrogen and oxygen atoms in total. The van der Waals surface area contributed by atoms with E-state index in [9.17, 15) is 0 Å². The first-order chi connectivity index (χ1) is 8.19. The molecule has 0 amide bonds. The van der Waals surface area contributed by atoms with E-state index in [2.05, 4.69) is 34.5 Å². The van der Waals surface area contributed by atoms with Crippen LogP contribution in [0.4, 0.5) is 0 Å². The molecule has 0 radical (unpaired) electrons. The number of hydrogen-bond acceptors (Lipinski definition) is 3. The van der Waals surface area contributed by atoms with Crippen LogP contribution in [-0.4, -0.2) is 63.3 Å². The third-order valence-corrected chi connectivity index (χ3v) is 3.49. The minimum Gasteiger partial charge on any atom is -0.374 e. The summed E-state index contributed by atoms with van der Waals surface area (Å²) in [5, 5.41) is 6.75. The predicted octanol–water partition coefficient (Wildman–Crippen LogP) is -0.110. The Labute approximate surface area is 104 Å². The summed E-state index contributed by atoms with van der Waals surface area (Å²) in [6, 6.07) is 0.608. The molecule has 1 heterocycles. The van der Waals surface area contributed by atoms with Crippen molar-refractivity contribution in [3.8, 4) is 0 Å². The fraction of sp³-hybridized carbons (Fsp3) is 0.917. The largest absolute Gasteiger partial charge is 0.374 e. The van der Waals surface area contributed by atoms with E-state index in [0.29, 0.717) is 6.04 Å².